The highest BCUT2D eigenvalue weighted by atomic mass is 32.1. The number of furan rings is 1. The van der Waals surface area contributed by atoms with Crippen LogP contribution >= 0.6 is 11.3 Å². The van der Waals surface area contributed by atoms with E-state index in [4.69, 9.17) is 13.9 Å². The van der Waals surface area contributed by atoms with Crippen LogP contribution in [0.3, 0.4) is 0 Å². The van der Waals surface area contributed by atoms with Crippen LogP contribution in [0, 0.1) is 6.92 Å². The summed E-state index contributed by atoms with van der Waals surface area (Å²) in [5.74, 6) is -2.37. The Labute approximate surface area is 198 Å². The summed E-state index contributed by atoms with van der Waals surface area (Å²) in [6, 6.07) is 8.70. The van der Waals surface area contributed by atoms with Crippen molar-refractivity contribution in [3.05, 3.63) is 88.5 Å². The molecule has 0 radical (unpaired) electrons. The molecule has 1 aliphatic rings. The number of aromatic nitrogens is 1. The lowest BCUT2D eigenvalue weighted by Gasteiger charge is -2.24. The molecule has 4 rings (SSSR count). The molecular weight excluding hydrogens is 460 g/mol. The monoisotopic (exact) mass is 480 g/mol. The Morgan fingerprint density at radius 3 is 2.79 bits per heavy atom. The van der Waals surface area contributed by atoms with E-state index in [1.165, 1.54) is 30.4 Å². The van der Waals surface area contributed by atoms with Crippen LogP contribution in [0.2, 0.25) is 0 Å². The third-order valence-corrected chi connectivity index (χ3v) is 6.24. The van der Waals surface area contributed by atoms with E-state index < -0.39 is 29.5 Å². The molecule has 2 aromatic heterocycles. The number of methoxy groups -OCH3 is 1. The fraction of sp³-hybridized carbons (Fsp3) is 0.167. The fourth-order valence-corrected chi connectivity index (χ4v) is 4.60. The molecule has 0 fully saturated rings. The molecular formula is C24H20N2O7S. The number of hydrogen-bond donors (Lipinski definition) is 1. The minimum atomic E-state index is -1.05. The second-order valence-electron chi connectivity index (χ2n) is 7.22. The molecule has 9 nitrogen and oxygen atoms in total. The number of thiazole rings is 1. The topological polar surface area (TPSA) is 119 Å². The summed E-state index contributed by atoms with van der Waals surface area (Å²) in [6.45, 7) is 5.48. The molecule has 0 aliphatic carbocycles. The maximum atomic E-state index is 13.3. The van der Waals surface area contributed by atoms with E-state index in [1.54, 1.807) is 37.3 Å². The molecule has 3 heterocycles. The molecule has 0 bridgehead atoms. The largest absolute Gasteiger partial charge is 0.503 e. The number of esters is 1. The summed E-state index contributed by atoms with van der Waals surface area (Å²) >= 11 is 0.925. The Hall–Kier alpha value is -4.18. The van der Waals surface area contributed by atoms with Crippen molar-refractivity contribution in [3.8, 4) is 5.75 Å². The molecule has 3 aromatic rings. The van der Waals surface area contributed by atoms with E-state index in [-0.39, 0.29) is 27.9 Å². The maximum absolute atomic E-state index is 13.3. The number of carbonyl (C=O) groups is 3. The van der Waals surface area contributed by atoms with Crippen molar-refractivity contribution in [2.45, 2.75) is 13.0 Å². The number of benzene rings is 1. The van der Waals surface area contributed by atoms with Gasteiger partial charge in [0.15, 0.2) is 16.7 Å². The first-order valence-electron chi connectivity index (χ1n) is 10.1. The zero-order valence-corrected chi connectivity index (χ0v) is 19.1. The highest BCUT2D eigenvalue weighted by molar-refractivity contribution is 7.17. The molecule has 1 N–H and O–H groups in total. The quantitative estimate of drug-likeness (QED) is 0.290. The first kappa shape index (κ1) is 23.0. The molecule has 174 valence electrons. The molecule has 0 spiro atoms. The van der Waals surface area contributed by atoms with Crippen molar-refractivity contribution >= 4 is 34.1 Å². The highest BCUT2D eigenvalue weighted by Gasteiger charge is 2.47. The van der Waals surface area contributed by atoms with Crippen LogP contribution in [0.15, 0.2) is 71.1 Å². The lowest BCUT2D eigenvalue weighted by Crippen LogP contribution is -2.31. The summed E-state index contributed by atoms with van der Waals surface area (Å²) in [6.07, 6.45) is 2.91. The SMILES string of the molecule is C=CCOc1cccc(C2C(C(=O)c3ccco3)=C(O)C(=O)N2c2nc(C)c(C(=O)OC)s2)c1. The minimum absolute atomic E-state index is 0.0363. The molecule has 10 heteroatoms. The first-order chi connectivity index (χ1) is 16.4. The fourth-order valence-electron chi connectivity index (χ4n) is 3.59. The second-order valence-corrected chi connectivity index (χ2v) is 8.20. The maximum Gasteiger partial charge on any atom is 0.350 e. The number of aryl methyl sites for hydroxylation is 1. The number of anilines is 1. The summed E-state index contributed by atoms with van der Waals surface area (Å²) in [4.78, 5) is 44.4. The Kier molecular flexibility index (Phi) is 6.33. The Morgan fingerprint density at radius 1 is 1.32 bits per heavy atom. The van der Waals surface area contributed by atoms with Crippen molar-refractivity contribution in [2.24, 2.45) is 0 Å². The summed E-state index contributed by atoms with van der Waals surface area (Å²) < 4.78 is 15.6. The smallest absolute Gasteiger partial charge is 0.350 e. The average molecular weight is 480 g/mol. The van der Waals surface area contributed by atoms with Gasteiger partial charge in [-0.2, -0.15) is 0 Å². The number of rotatable bonds is 8. The van der Waals surface area contributed by atoms with Crippen LogP contribution in [0.1, 0.15) is 37.5 Å². The van der Waals surface area contributed by atoms with Gasteiger partial charge in [0.2, 0.25) is 5.78 Å². The molecule has 1 aliphatic heterocycles. The van der Waals surface area contributed by atoms with Gasteiger partial charge in [0.1, 0.15) is 17.2 Å². The van der Waals surface area contributed by atoms with E-state index >= 15 is 0 Å². The third kappa shape index (κ3) is 3.99. The highest BCUT2D eigenvalue weighted by Crippen LogP contribution is 2.44. The summed E-state index contributed by atoms with van der Waals surface area (Å²) in [7, 11) is 1.24. The van der Waals surface area contributed by atoms with Crippen molar-refractivity contribution < 1.29 is 33.4 Å². The molecule has 0 saturated carbocycles. The first-order valence-corrected chi connectivity index (χ1v) is 10.9. The zero-order valence-electron chi connectivity index (χ0n) is 18.3. The van der Waals surface area contributed by atoms with Gasteiger partial charge in [-0.05, 0) is 36.8 Å². The molecule has 1 unspecified atom stereocenters. The molecule has 1 amide bonds. The normalized spacial score (nSPS) is 15.5. The van der Waals surface area contributed by atoms with Crippen molar-refractivity contribution in [1.82, 2.24) is 4.98 Å². The van der Waals surface area contributed by atoms with Gasteiger partial charge in [0.25, 0.3) is 5.91 Å². The second kappa shape index (κ2) is 9.36. The van der Waals surface area contributed by atoms with Gasteiger partial charge in [-0.15, -0.1) is 0 Å². The average Bonchev–Trinajstić information content (AvgIpc) is 3.56. The van der Waals surface area contributed by atoms with Gasteiger partial charge in [-0.1, -0.05) is 36.1 Å². The van der Waals surface area contributed by atoms with Gasteiger partial charge < -0.3 is 19.0 Å². The number of Topliss-reactive ketones (excluding diaryl/α,β-unsaturated/α-hetero) is 1. The van der Waals surface area contributed by atoms with Crippen molar-refractivity contribution in [3.63, 3.8) is 0 Å². The number of hydrogen-bond acceptors (Lipinski definition) is 9. The van der Waals surface area contributed by atoms with Gasteiger partial charge >= 0.3 is 5.97 Å². The predicted octanol–water partition coefficient (Wildman–Crippen LogP) is 4.18. The number of ketones is 1. The van der Waals surface area contributed by atoms with Crippen LogP contribution in [-0.4, -0.2) is 41.5 Å². The molecule has 0 saturated heterocycles. The van der Waals surface area contributed by atoms with Gasteiger partial charge in [0.05, 0.1) is 30.7 Å². The molecule has 1 aromatic carbocycles. The number of carbonyl (C=O) groups excluding carboxylic acids is 3. The van der Waals surface area contributed by atoms with Crippen LogP contribution in [0.25, 0.3) is 0 Å². The van der Waals surface area contributed by atoms with Gasteiger partial charge in [0, 0.05) is 0 Å². The zero-order chi connectivity index (χ0) is 24.4. The lowest BCUT2D eigenvalue weighted by molar-refractivity contribution is -0.117. The van der Waals surface area contributed by atoms with E-state index in [0.29, 0.717) is 17.0 Å². The summed E-state index contributed by atoms with van der Waals surface area (Å²) in [5.41, 5.74) is 0.668. The van der Waals surface area contributed by atoms with Gasteiger partial charge in [-0.3, -0.25) is 14.5 Å². The van der Waals surface area contributed by atoms with E-state index in [9.17, 15) is 19.5 Å². The van der Waals surface area contributed by atoms with Crippen LogP contribution in [0.5, 0.6) is 5.75 Å². The van der Waals surface area contributed by atoms with Crippen molar-refractivity contribution in [1.29, 1.82) is 0 Å². The third-order valence-electron chi connectivity index (χ3n) is 5.10. The Bertz CT molecular complexity index is 1310. The minimum Gasteiger partial charge on any atom is -0.503 e. The molecule has 1 atom stereocenters. The Balaban J connectivity index is 1.86. The number of nitrogens with zero attached hydrogens (tertiary/aromatic N) is 2. The number of amides is 1. The number of aliphatic hydroxyl groups is 1. The van der Waals surface area contributed by atoms with Gasteiger partial charge in [-0.25, -0.2) is 9.78 Å². The number of ether oxygens (including phenoxy) is 2. The standard InChI is InChI=1S/C24H20N2O7S/c1-4-10-32-15-8-5-7-14(12-15)18-17(19(27)16-9-6-11-33-16)20(28)22(29)26(18)24-25-13(2)21(34-24)23(30)31-3/h4-9,11-12,18,28H,1,10H2,2-3H3. The number of aliphatic hydroxyl groups excluding tert-OH is 1. The van der Waals surface area contributed by atoms with Crippen LogP contribution < -0.4 is 9.64 Å². The summed E-state index contributed by atoms with van der Waals surface area (Å²) in [5, 5.41) is 10.9. The van der Waals surface area contributed by atoms with E-state index in [0.717, 1.165) is 11.3 Å². The van der Waals surface area contributed by atoms with Crippen LogP contribution in [-0.2, 0) is 9.53 Å². The van der Waals surface area contributed by atoms with E-state index in [2.05, 4.69) is 11.6 Å². The Morgan fingerprint density at radius 2 is 2.12 bits per heavy atom. The predicted molar refractivity (Wildman–Crippen MR) is 123 cm³/mol. The van der Waals surface area contributed by atoms with Crippen molar-refractivity contribution in [2.75, 3.05) is 18.6 Å². The molecule has 34 heavy (non-hydrogen) atoms. The van der Waals surface area contributed by atoms with E-state index in [1.807, 2.05) is 0 Å². The lowest BCUT2D eigenvalue weighted by atomic mass is 9.95. The van der Waals surface area contributed by atoms with Crippen LogP contribution in [0.4, 0.5) is 5.13 Å².